The van der Waals surface area contributed by atoms with Crippen LogP contribution in [0.1, 0.15) is 25.7 Å². The molecule has 0 saturated heterocycles. The lowest BCUT2D eigenvalue weighted by atomic mass is 10.2. The van der Waals surface area contributed by atoms with Gasteiger partial charge in [-0.1, -0.05) is 0 Å². The molecule has 0 fully saturated rings. The van der Waals surface area contributed by atoms with Gasteiger partial charge in [-0.15, -0.1) is 0 Å². The fourth-order valence-corrected chi connectivity index (χ4v) is 1.32. The molecule has 14 nitrogen and oxygen atoms in total. The van der Waals surface area contributed by atoms with Crippen LogP contribution in [-0.4, -0.2) is 77.5 Å². The van der Waals surface area contributed by atoms with Crippen molar-refractivity contribution in [3.8, 4) is 0 Å². The summed E-state index contributed by atoms with van der Waals surface area (Å²) >= 11 is 0. The molecule has 0 aromatic rings. The molecule has 0 unspecified atom stereocenters. The zero-order valence-corrected chi connectivity index (χ0v) is 15.9. The third-order valence-corrected chi connectivity index (χ3v) is 2.80. The van der Waals surface area contributed by atoms with Gasteiger partial charge in [0, 0.05) is 27.1 Å². The molecule has 1 atom stereocenters. The van der Waals surface area contributed by atoms with E-state index in [1.165, 1.54) is 0 Å². The summed E-state index contributed by atoms with van der Waals surface area (Å²) in [5.41, 5.74) is 20.9. The SMILES string of the molecule is CN(C)C(N)=NC(=N)N.NC(=NCCC[C@H](N)C(=O)O)NC(=O)CCC(=O)O. The molecule has 0 radical (unpaired) electrons. The van der Waals surface area contributed by atoms with E-state index in [1.54, 1.807) is 19.0 Å². The molecule has 1 amide bonds. The molecular formula is C14H29N9O5. The van der Waals surface area contributed by atoms with Crippen LogP contribution in [0.3, 0.4) is 0 Å². The summed E-state index contributed by atoms with van der Waals surface area (Å²) in [5.74, 6) is -2.86. The largest absolute Gasteiger partial charge is 0.481 e. The van der Waals surface area contributed by atoms with Crippen molar-refractivity contribution in [3.05, 3.63) is 0 Å². The Morgan fingerprint density at radius 2 is 1.71 bits per heavy atom. The van der Waals surface area contributed by atoms with Crippen molar-refractivity contribution in [3.63, 3.8) is 0 Å². The van der Waals surface area contributed by atoms with Gasteiger partial charge in [0.1, 0.15) is 6.04 Å². The lowest BCUT2D eigenvalue weighted by Gasteiger charge is -2.08. The normalized spacial score (nSPS) is 12.2. The van der Waals surface area contributed by atoms with Gasteiger partial charge in [0.15, 0.2) is 11.9 Å². The topological polar surface area (TPSA) is 260 Å². The number of rotatable bonds is 8. The average Bonchev–Trinajstić information content (AvgIpc) is 2.56. The molecule has 12 N–H and O–H groups in total. The number of aliphatic carboxylic acids is 2. The second-order valence-corrected chi connectivity index (χ2v) is 5.55. The Labute approximate surface area is 162 Å². The summed E-state index contributed by atoms with van der Waals surface area (Å²) in [6.45, 7) is 0.228. The predicted molar refractivity (Wildman–Crippen MR) is 104 cm³/mol. The lowest BCUT2D eigenvalue weighted by molar-refractivity contribution is -0.139. The molecule has 0 aliphatic carbocycles. The lowest BCUT2D eigenvalue weighted by Crippen LogP contribution is -2.37. The molecule has 0 aromatic heterocycles. The first-order chi connectivity index (χ1) is 12.9. The van der Waals surface area contributed by atoms with Crippen LogP contribution in [0.25, 0.3) is 0 Å². The Balaban J connectivity index is 0. The fraction of sp³-hybridized carbons (Fsp3) is 0.571. The maximum absolute atomic E-state index is 11.2. The average molecular weight is 403 g/mol. The Morgan fingerprint density at radius 3 is 2.11 bits per heavy atom. The van der Waals surface area contributed by atoms with Crippen molar-refractivity contribution in [1.29, 1.82) is 5.41 Å². The number of carbonyl (C=O) groups is 3. The van der Waals surface area contributed by atoms with E-state index in [2.05, 4.69) is 15.3 Å². The molecule has 0 aromatic carbocycles. The number of amides is 1. The minimum Gasteiger partial charge on any atom is -0.481 e. The molecule has 28 heavy (non-hydrogen) atoms. The first-order valence-electron chi connectivity index (χ1n) is 8.02. The first kappa shape index (κ1) is 26.8. The zero-order valence-electron chi connectivity index (χ0n) is 15.9. The molecule has 0 spiro atoms. The van der Waals surface area contributed by atoms with Gasteiger partial charge in [0.25, 0.3) is 0 Å². The highest BCUT2D eigenvalue weighted by Crippen LogP contribution is 1.95. The van der Waals surface area contributed by atoms with Crippen LogP contribution < -0.4 is 28.3 Å². The molecule has 14 heteroatoms. The Kier molecular flexibility index (Phi) is 14.1. The Morgan fingerprint density at radius 1 is 1.14 bits per heavy atom. The van der Waals surface area contributed by atoms with Gasteiger partial charge in [-0.3, -0.25) is 30.1 Å². The number of nitrogens with one attached hydrogen (secondary N) is 2. The molecule has 0 rings (SSSR count). The highest BCUT2D eigenvalue weighted by atomic mass is 16.4. The number of hydrogen-bond acceptors (Lipinski definition) is 6. The number of hydrogen-bond donors (Lipinski definition) is 8. The summed E-state index contributed by atoms with van der Waals surface area (Å²) in [7, 11) is 3.45. The van der Waals surface area contributed by atoms with Gasteiger partial charge in [0.2, 0.25) is 11.9 Å². The van der Waals surface area contributed by atoms with Crippen molar-refractivity contribution in [2.75, 3.05) is 20.6 Å². The number of nitrogens with two attached hydrogens (primary N) is 4. The molecule has 0 saturated carbocycles. The Hall–Kier alpha value is -3.42. The van der Waals surface area contributed by atoms with Gasteiger partial charge in [-0.2, -0.15) is 4.99 Å². The quantitative estimate of drug-likeness (QED) is 0.117. The van der Waals surface area contributed by atoms with Crippen LogP contribution >= 0.6 is 0 Å². The van der Waals surface area contributed by atoms with Crippen LogP contribution in [0.5, 0.6) is 0 Å². The summed E-state index contributed by atoms with van der Waals surface area (Å²) in [6.07, 6.45) is 0.195. The van der Waals surface area contributed by atoms with E-state index >= 15 is 0 Å². The summed E-state index contributed by atoms with van der Waals surface area (Å²) in [6, 6.07) is -0.943. The van der Waals surface area contributed by atoms with Gasteiger partial charge >= 0.3 is 11.9 Å². The number of carbonyl (C=O) groups excluding carboxylic acids is 1. The van der Waals surface area contributed by atoms with E-state index < -0.39 is 23.9 Å². The second-order valence-electron chi connectivity index (χ2n) is 5.55. The van der Waals surface area contributed by atoms with E-state index in [4.69, 9.17) is 38.6 Å². The molecular weight excluding hydrogens is 374 g/mol. The van der Waals surface area contributed by atoms with Crippen LogP contribution in [-0.2, 0) is 14.4 Å². The Bertz CT molecular complexity index is 604. The first-order valence-corrected chi connectivity index (χ1v) is 8.02. The third-order valence-electron chi connectivity index (χ3n) is 2.80. The zero-order chi connectivity index (χ0) is 22.3. The maximum atomic E-state index is 11.2. The van der Waals surface area contributed by atoms with E-state index in [0.29, 0.717) is 6.42 Å². The molecule has 0 aliphatic heterocycles. The summed E-state index contributed by atoms with van der Waals surface area (Å²) in [5, 5.41) is 25.8. The van der Waals surface area contributed by atoms with Crippen LogP contribution in [0, 0.1) is 5.41 Å². The van der Waals surface area contributed by atoms with Gasteiger partial charge in [0.05, 0.1) is 6.42 Å². The number of carboxylic acid groups (broad SMARTS) is 2. The third kappa shape index (κ3) is 17.4. The van der Waals surface area contributed by atoms with Gasteiger partial charge in [-0.05, 0) is 12.8 Å². The van der Waals surface area contributed by atoms with Gasteiger partial charge < -0.3 is 38.0 Å². The highest BCUT2D eigenvalue weighted by molar-refractivity contribution is 5.96. The van der Waals surface area contributed by atoms with Crippen molar-refractivity contribution in [1.82, 2.24) is 10.2 Å². The molecule has 0 bridgehead atoms. The van der Waals surface area contributed by atoms with Crippen LogP contribution in [0.4, 0.5) is 0 Å². The smallest absolute Gasteiger partial charge is 0.320 e. The fourth-order valence-electron chi connectivity index (χ4n) is 1.32. The minimum absolute atomic E-state index is 0.126. The summed E-state index contributed by atoms with van der Waals surface area (Å²) in [4.78, 5) is 40.6. The standard InChI is InChI=1S/C10H18N4O5.C4H11N5/c11-6(9(18)19)2-1-5-13-10(12)14-7(15)3-4-8(16)17;1-9(2)4(7)8-3(5)6/h6H,1-5,11H2,(H,16,17)(H,18,19)(H3,12,13,14,15);1-2H3,(H5,5,6,7,8)/t6-;/m0./s1. The number of nitrogens with zero attached hydrogens (tertiary/aromatic N) is 3. The van der Waals surface area contributed by atoms with Crippen molar-refractivity contribution < 1.29 is 24.6 Å². The van der Waals surface area contributed by atoms with Crippen molar-refractivity contribution in [2.45, 2.75) is 31.7 Å². The minimum atomic E-state index is -1.08. The van der Waals surface area contributed by atoms with E-state index in [0.717, 1.165) is 0 Å². The second kappa shape index (κ2) is 14.7. The van der Waals surface area contributed by atoms with Gasteiger partial charge in [-0.25, -0.2) is 0 Å². The van der Waals surface area contributed by atoms with Crippen molar-refractivity contribution >= 4 is 35.7 Å². The summed E-state index contributed by atoms with van der Waals surface area (Å²) < 4.78 is 0. The van der Waals surface area contributed by atoms with Crippen molar-refractivity contribution in [2.24, 2.45) is 32.9 Å². The number of aliphatic imine (C=N–C) groups is 2. The molecule has 160 valence electrons. The monoisotopic (exact) mass is 403 g/mol. The highest BCUT2D eigenvalue weighted by Gasteiger charge is 2.10. The predicted octanol–water partition coefficient (Wildman–Crippen LogP) is -2.77. The van der Waals surface area contributed by atoms with E-state index in [9.17, 15) is 14.4 Å². The van der Waals surface area contributed by atoms with Crippen LogP contribution in [0.2, 0.25) is 0 Å². The molecule has 0 heterocycles. The maximum Gasteiger partial charge on any atom is 0.320 e. The number of guanidine groups is 3. The molecule has 0 aliphatic rings. The van der Waals surface area contributed by atoms with E-state index in [1.807, 2.05) is 0 Å². The van der Waals surface area contributed by atoms with Crippen LogP contribution in [0.15, 0.2) is 9.98 Å². The number of carboxylic acids is 2. The van der Waals surface area contributed by atoms with E-state index in [-0.39, 0.29) is 43.7 Å².